The molecule has 1 aromatic heterocycles. The third kappa shape index (κ3) is 7.18. The highest BCUT2D eigenvalue weighted by molar-refractivity contribution is 14.0. The van der Waals surface area contributed by atoms with Gasteiger partial charge in [-0.25, -0.2) is 4.98 Å². The van der Waals surface area contributed by atoms with E-state index in [2.05, 4.69) is 20.6 Å². The normalized spacial score (nSPS) is 17.2. The largest absolute Gasteiger partial charge is 0.481 e. The first-order valence-corrected chi connectivity index (χ1v) is 7.95. The molecule has 24 heavy (non-hydrogen) atoms. The van der Waals surface area contributed by atoms with Gasteiger partial charge < -0.3 is 24.8 Å². The Hall–Kier alpha value is -1.13. The van der Waals surface area contributed by atoms with Crippen molar-refractivity contribution in [3.8, 4) is 5.88 Å². The Morgan fingerprint density at radius 3 is 3.04 bits per heavy atom. The van der Waals surface area contributed by atoms with Crippen molar-refractivity contribution in [2.75, 3.05) is 40.5 Å². The molecule has 0 aromatic carbocycles. The van der Waals surface area contributed by atoms with Crippen molar-refractivity contribution in [2.45, 2.75) is 25.5 Å². The van der Waals surface area contributed by atoms with E-state index in [1.165, 1.54) is 0 Å². The van der Waals surface area contributed by atoms with Crippen LogP contribution in [0.3, 0.4) is 0 Å². The van der Waals surface area contributed by atoms with Crippen molar-refractivity contribution in [1.29, 1.82) is 0 Å². The Balaban J connectivity index is 0.00000288. The molecule has 1 aliphatic heterocycles. The lowest BCUT2D eigenvalue weighted by Gasteiger charge is -2.14. The standard InChI is InChI=1S/C16H26N4O3.HI/c1-17-16(19-8-4-9-23-14-6-10-22-12-14)20-11-13-5-3-7-18-15(13)21-2;/h3,5,7,14H,4,6,8-12H2,1-2H3,(H2,17,19,20);1H. The maximum absolute atomic E-state index is 5.73. The van der Waals surface area contributed by atoms with Crippen molar-refractivity contribution in [1.82, 2.24) is 15.6 Å². The fourth-order valence-electron chi connectivity index (χ4n) is 2.32. The Morgan fingerprint density at radius 2 is 2.33 bits per heavy atom. The van der Waals surface area contributed by atoms with E-state index in [-0.39, 0.29) is 30.1 Å². The van der Waals surface area contributed by atoms with Crippen LogP contribution in [-0.4, -0.2) is 57.6 Å². The summed E-state index contributed by atoms with van der Waals surface area (Å²) in [6.07, 6.45) is 3.91. The van der Waals surface area contributed by atoms with Crippen LogP contribution in [0.5, 0.6) is 5.88 Å². The quantitative estimate of drug-likeness (QED) is 0.271. The minimum absolute atomic E-state index is 0. The molecule has 2 heterocycles. The van der Waals surface area contributed by atoms with Gasteiger partial charge in [-0.1, -0.05) is 6.07 Å². The molecule has 2 rings (SSSR count). The second kappa shape index (κ2) is 12.3. The Morgan fingerprint density at radius 1 is 1.46 bits per heavy atom. The van der Waals surface area contributed by atoms with Crippen LogP contribution in [-0.2, 0) is 16.0 Å². The summed E-state index contributed by atoms with van der Waals surface area (Å²) < 4.78 is 16.2. The predicted molar refractivity (Wildman–Crippen MR) is 104 cm³/mol. The average Bonchev–Trinajstić information content (AvgIpc) is 3.11. The fraction of sp³-hybridized carbons (Fsp3) is 0.625. The summed E-state index contributed by atoms with van der Waals surface area (Å²) in [5.74, 6) is 1.38. The number of ether oxygens (including phenoxy) is 3. The van der Waals surface area contributed by atoms with Gasteiger partial charge in [-0.15, -0.1) is 24.0 Å². The first kappa shape index (κ1) is 20.9. The lowest BCUT2D eigenvalue weighted by molar-refractivity contribution is 0.0420. The molecule has 0 saturated carbocycles. The number of methoxy groups -OCH3 is 1. The van der Waals surface area contributed by atoms with Crippen LogP contribution in [0.15, 0.2) is 23.3 Å². The highest BCUT2D eigenvalue weighted by Gasteiger charge is 2.15. The number of nitrogens with one attached hydrogen (secondary N) is 2. The molecule has 1 aromatic rings. The molecule has 1 fully saturated rings. The second-order valence-electron chi connectivity index (χ2n) is 5.23. The van der Waals surface area contributed by atoms with Crippen molar-refractivity contribution in [3.63, 3.8) is 0 Å². The number of hydrogen-bond acceptors (Lipinski definition) is 5. The SMILES string of the molecule is CN=C(NCCCOC1CCOC1)NCc1cccnc1OC.I. The summed E-state index contributed by atoms with van der Waals surface area (Å²) in [5, 5.41) is 6.52. The minimum Gasteiger partial charge on any atom is -0.481 e. The Kier molecular flexibility index (Phi) is 10.7. The zero-order chi connectivity index (χ0) is 16.3. The van der Waals surface area contributed by atoms with E-state index in [1.807, 2.05) is 12.1 Å². The Labute approximate surface area is 160 Å². The number of aromatic nitrogens is 1. The molecule has 1 atom stereocenters. The second-order valence-corrected chi connectivity index (χ2v) is 5.23. The van der Waals surface area contributed by atoms with Gasteiger partial charge in [-0.3, -0.25) is 4.99 Å². The summed E-state index contributed by atoms with van der Waals surface area (Å²) in [7, 11) is 3.37. The lowest BCUT2D eigenvalue weighted by Crippen LogP contribution is -2.37. The first-order valence-electron chi connectivity index (χ1n) is 7.95. The lowest BCUT2D eigenvalue weighted by atomic mass is 10.2. The highest BCUT2D eigenvalue weighted by atomic mass is 127. The average molecular weight is 450 g/mol. The highest BCUT2D eigenvalue weighted by Crippen LogP contribution is 2.12. The maximum Gasteiger partial charge on any atom is 0.218 e. The molecule has 8 heteroatoms. The molecule has 7 nitrogen and oxygen atoms in total. The molecule has 0 amide bonds. The molecule has 1 unspecified atom stereocenters. The van der Waals surface area contributed by atoms with Gasteiger partial charge in [-0.2, -0.15) is 0 Å². The van der Waals surface area contributed by atoms with Gasteiger partial charge in [-0.05, 0) is 18.9 Å². The zero-order valence-electron chi connectivity index (χ0n) is 14.3. The van der Waals surface area contributed by atoms with Crippen LogP contribution in [0.2, 0.25) is 0 Å². The number of pyridine rings is 1. The van der Waals surface area contributed by atoms with Crippen LogP contribution in [0.1, 0.15) is 18.4 Å². The van der Waals surface area contributed by atoms with E-state index >= 15 is 0 Å². The molecule has 1 aliphatic rings. The van der Waals surface area contributed by atoms with Gasteiger partial charge in [0.2, 0.25) is 5.88 Å². The minimum atomic E-state index is 0. The van der Waals surface area contributed by atoms with Crippen LogP contribution < -0.4 is 15.4 Å². The van der Waals surface area contributed by atoms with Crippen LogP contribution >= 0.6 is 24.0 Å². The molecular weight excluding hydrogens is 423 g/mol. The number of nitrogens with zero attached hydrogens (tertiary/aromatic N) is 2. The predicted octanol–water partition coefficient (Wildman–Crippen LogP) is 1.57. The smallest absolute Gasteiger partial charge is 0.218 e. The Bertz CT molecular complexity index is 496. The van der Waals surface area contributed by atoms with Crippen LogP contribution in [0, 0.1) is 0 Å². The first-order chi connectivity index (χ1) is 11.3. The summed E-state index contributed by atoms with van der Waals surface area (Å²) in [5.41, 5.74) is 0.988. The summed E-state index contributed by atoms with van der Waals surface area (Å²) >= 11 is 0. The van der Waals surface area contributed by atoms with E-state index in [4.69, 9.17) is 14.2 Å². The zero-order valence-corrected chi connectivity index (χ0v) is 16.6. The van der Waals surface area contributed by atoms with E-state index in [0.29, 0.717) is 12.4 Å². The number of guanidine groups is 1. The van der Waals surface area contributed by atoms with Gasteiger partial charge in [0, 0.05) is 45.1 Å². The van der Waals surface area contributed by atoms with E-state index in [1.54, 1.807) is 20.4 Å². The van der Waals surface area contributed by atoms with Crippen molar-refractivity contribution >= 4 is 29.9 Å². The topological polar surface area (TPSA) is 77.0 Å². The summed E-state index contributed by atoms with van der Waals surface area (Å²) in [4.78, 5) is 8.38. The third-order valence-corrected chi connectivity index (χ3v) is 3.57. The number of halogens is 1. The molecule has 0 bridgehead atoms. The molecule has 0 aliphatic carbocycles. The summed E-state index contributed by atoms with van der Waals surface area (Å²) in [6, 6.07) is 3.86. The maximum atomic E-state index is 5.73. The molecular formula is C16H27IN4O3. The van der Waals surface area contributed by atoms with Gasteiger partial charge in [0.25, 0.3) is 0 Å². The molecule has 0 spiro atoms. The van der Waals surface area contributed by atoms with Gasteiger partial charge >= 0.3 is 0 Å². The molecule has 2 N–H and O–H groups in total. The monoisotopic (exact) mass is 450 g/mol. The van der Waals surface area contributed by atoms with Gasteiger partial charge in [0.1, 0.15) is 0 Å². The van der Waals surface area contributed by atoms with Crippen molar-refractivity contribution in [3.05, 3.63) is 23.9 Å². The fourth-order valence-corrected chi connectivity index (χ4v) is 2.32. The van der Waals surface area contributed by atoms with E-state index in [0.717, 1.165) is 50.7 Å². The van der Waals surface area contributed by atoms with Crippen LogP contribution in [0.25, 0.3) is 0 Å². The molecule has 136 valence electrons. The van der Waals surface area contributed by atoms with Crippen LogP contribution in [0.4, 0.5) is 0 Å². The molecule has 0 radical (unpaired) electrons. The van der Waals surface area contributed by atoms with Crippen molar-refractivity contribution in [2.24, 2.45) is 4.99 Å². The van der Waals surface area contributed by atoms with Gasteiger partial charge in [0.15, 0.2) is 5.96 Å². The number of rotatable bonds is 8. The molecule has 1 saturated heterocycles. The number of hydrogen-bond donors (Lipinski definition) is 2. The summed E-state index contributed by atoms with van der Waals surface area (Å²) in [6.45, 7) is 3.68. The van der Waals surface area contributed by atoms with Gasteiger partial charge in [0.05, 0.1) is 19.8 Å². The van der Waals surface area contributed by atoms with E-state index < -0.39 is 0 Å². The van der Waals surface area contributed by atoms with Crippen molar-refractivity contribution < 1.29 is 14.2 Å². The number of aliphatic imine (C=N–C) groups is 1. The van der Waals surface area contributed by atoms with E-state index in [9.17, 15) is 0 Å². The third-order valence-electron chi connectivity index (χ3n) is 3.57.